The molecule has 0 unspecified atom stereocenters. The number of piperidine rings is 1. The number of likely N-dealkylation sites (tertiary alicyclic amines) is 1. The third-order valence-corrected chi connectivity index (χ3v) is 4.57. The predicted molar refractivity (Wildman–Crippen MR) is 94.6 cm³/mol. The van der Waals surface area contributed by atoms with E-state index in [1.165, 1.54) is 7.11 Å². The first-order valence-electron chi connectivity index (χ1n) is 8.42. The summed E-state index contributed by atoms with van der Waals surface area (Å²) in [5, 5.41) is 13.7. The van der Waals surface area contributed by atoms with E-state index in [0.29, 0.717) is 35.4 Å². The molecule has 8 heteroatoms. The maximum atomic E-state index is 12.5. The summed E-state index contributed by atoms with van der Waals surface area (Å²) < 4.78 is 16.1. The molecule has 7 nitrogen and oxygen atoms in total. The smallest absolute Gasteiger partial charge is 0.276 e. The molecule has 0 bridgehead atoms. The molecule has 0 spiro atoms. The Morgan fingerprint density at radius 1 is 1.42 bits per heavy atom. The molecule has 2 heterocycles. The Balaban J connectivity index is 1.62. The highest BCUT2D eigenvalue weighted by atomic mass is 35.5. The molecule has 1 N–H and O–H groups in total. The third-order valence-electron chi connectivity index (χ3n) is 4.34. The first kappa shape index (κ1) is 18.5. The topological polar surface area (TPSA) is 85.0 Å². The van der Waals surface area contributed by atoms with Gasteiger partial charge in [0.15, 0.2) is 23.0 Å². The Bertz CT molecular complexity index is 764. The van der Waals surface area contributed by atoms with E-state index in [1.807, 2.05) is 0 Å². The summed E-state index contributed by atoms with van der Waals surface area (Å²) in [5.41, 5.74) is 0.241. The molecular weight excluding hydrogens is 360 g/mol. The van der Waals surface area contributed by atoms with Gasteiger partial charge in [0.25, 0.3) is 5.91 Å². The van der Waals surface area contributed by atoms with Crippen LogP contribution in [0.1, 0.15) is 29.1 Å². The second-order valence-electron chi connectivity index (χ2n) is 6.20. The van der Waals surface area contributed by atoms with Crippen LogP contribution < -0.4 is 9.47 Å². The summed E-state index contributed by atoms with van der Waals surface area (Å²) in [6, 6.07) is 6.63. The molecule has 1 atom stereocenters. The van der Waals surface area contributed by atoms with Crippen LogP contribution in [0.25, 0.3) is 0 Å². The minimum atomic E-state index is -0.192. The van der Waals surface area contributed by atoms with E-state index in [4.69, 9.17) is 25.6 Å². The zero-order valence-corrected chi connectivity index (χ0v) is 15.2. The second-order valence-corrected chi connectivity index (χ2v) is 6.64. The quantitative estimate of drug-likeness (QED) is 0.829. The number of hydrogen-bond donors (Lipinski definition) is 1. The van der Waals surface area contributed by atoms with Crippen molar-refractivity contribution in [2.75, 3.05) is 26.8 Å². The molecule has 1 amide bonds. The van der Waals surface area contributed by atoms with Crippen LogP contribution in [0.2, 0.25) is 5.02 Å². The maximum Gasteiger partial charge on any atom is 0.276 e. The fourth-order valence-electron chi connectivity index (χ4n) is 2.95. The molecule has 1 fully saturated rings. The van der Waals surface area contributed by atoms with Crippen molar-refractivity contribution >= 4 is 17.5 Å². The molecule has 0 aliphatic carbocycles. The van der Waals surface area contributed by atoms with E-state index in [0.717, 1.165) is 12.8 Å². The number of amides is 1. The highest BCUT2D eigenvalue weighted by molar-refractivity contribution is 6.30. The molecule has 1 aromatic carbocycles. The Morgan fingerprint density at radius 3 is 3.04 bits per heavy atom. The van der Waals surface area contributed by atoms with Crippen LogP contribution >= 0.6 is 11.6 Å². The number of nitrogens with zero attached hydrogens (tertiary/aromatic N) is 2. The predicted octanol–water partition coefficient (Wildman–Crippen LogP) is 2.76. The summed E-state index contributed by atoms with van der Waals surface area (Å²) in [6.07, 6.45) is 1.81. The van der Waals surface area contributed by atoms with Gasteiger partial charge >= 0.3 is 0 Å². The summed E-state index contributed by atoms with van der Waals surface area (Å²) in [7, 11) is 1.53. The number of halogens is 1. The van der Waals surface area contributed by atoms with Gasteiger partial charge in [-0.25, -0.2) is 0 Å². The summed E-state index contributed by atoms with van der Waals surface area (Å²) in [4.78, 5) is 14.2. The molecule has 0 saturated carbocycles. The van der Waals surface area contributed by atoms with Gasteiger partial charge in [-0.15, -0.1) is 0 Å². The Morgan fingerprint density at radius 2 is 2.27 bits per heavy atom. The largest absolute Gasteiger partial charge is 0.493 e. The van der Waals surface area contributed by atoms with Gasteiger partial charge in [0.1, 0.15) is 6.61 Å². The Kier molecular flexibility index (Phi) is 6.00. The molecule has 0 radical (unpaired) electrons. The van der Waals surface area contributed by atoms with Crippen LogP contribution in [0.15, 0.2) is 28.8 Å². The summed E-state index contributed by atoms with van der Waals surface area (Å²) in [5.74, 6) is 1.39. The molecule has 1 saturated heterocycles. The molecular formula is C18H21ClN2O5. The van der Waals surface area contributed by atoms with Gasteiger partial charge in [-0.1, -0.05) is 16.8 Å². The minimum Gasteiger partial charge on any atom is -0.493 e. The lowest BCUT2D eigenvalue weighted by molar-refractivity contribution is 0.0610. The van der Waals surface area contributed by atoms with E-state index in [9.17, 15) is 9.90 Å². The zero-order valence-electron chi connectivity index (χ0n) is 14.5. The van der Waals surface area contributed by atoms with E-state index in [1.54, 1.807) is 29.2 Å². The molecule has 2 aromatic rings. The van der Waals surface area contributed by atoms with Crippen LogP contribution in [0.3, 0.4) is 0 Å². The first-order valence-corrected chi connectivity index (χ1v) is 8.80. The minimum absolute atomic E-state index is 0.0879. The van der Waals surface area contributed by atoms with Gasteiger partial charge < -0.3 is 24.0 Å². The van der Waals surface area contributed by atoms with Gasteiger partial charge in [0, 0.05) is 36.9 Å². The lowest BCUT2D eigenvalue weighted by Crippen LogP contribution is -2.41. The van der Waals surface area contributed by atoms with Crippen LogP contribution in [-0.2, 0) is 6.61 Å². The fraction of sp³-hybridized carbons (Fsp3) is 0.444. The number of carbonyl (C=O) groups is 1. The average Bonchev–Trinajstić information content (AvgIpc) is 3.15. The van der Waals surface area contributed by atoms with Crippen LogP contribution in [0.5, 0.6) is 11.5 Å². The summed E-state index contributed by atoms with van der Waals surface area (Å²) in [6.45, 7) is 1.40. The molecule has 3 rings (SSSR count). The maximum absolute atomic E-state index is 12.5. The number of rotatable bonds is 6. The molecule has 140 valence electrons. The van der Waals surface area contributed by atoms with Gasteiger partial charge in [0.2, 0.25) is 0 Å². The lowest BCUT2D eigenvalue weighted by Gasteiger charge is -2.31. The SMILES string of the molecule is COc1cc(Cl)ccc1OCc1cc(C(=O)N2CCC[C@H](CO)C2)no1. The van der Waals surface area contributed by atoms with E-state index in [-0.39, 0.29) is 30.7 Å². The number of hydrogen-bond acceptors (Lipinski definition) is 6. The Labute approximate surface area is 156 Å². The first-order chi connectivity index (χ1) is 12.6. The van der Waals surface area contributed by atoms with Gasteiger partial charge in [0.05, 0.1) is 7.11 Å². The van der Waals surface area contributed by atoms with Crippen molar-refractivity contribution in [2.24, 2.45) is 5.92 Å². The lowest BCUT2D eigenvalue weighted by atomic mass is 9.99. The van der Waals surface area contributed by atoms with Crippen LogP contribution in [0, 0.1) is 5.92 Å². The number of benzene rings is 1. The van der Waals surface area contributed by atoms with E-state index >= 15 is 0 Å². The second kappa shape index (κ2) is 8.42. The zero-order chi connectivity index (χ0) is 18.5. The standard InChI is InChI=1S/C18H21ClN2O5/c1-24-17-7-13(19)4-5-16(17)25-11-14-8-15(20-26-14)18(23)21-6-2-3-12(9-21)10-22/h4-5,7-8,12,22H,2-3,6,9-11H2,1H3/t12-/m0/s1. The van der Waals surface area contributed by atoms with Crippen molar-refractivity contribution < 1.29 is 23.9 Å². The van der Waals surface area contributed by atoms with Crippen molar-refractivity contribution in [3.63, 3.8) is 0 Å². The van der Waals surface area contributed by atoms with Crippen LogP contribution in [-0.4, -0.2) is 47.9 Å². The molecule has 26 heavy (non-hydrogen) atoms. The number of aliphatic hydroxyl groups is 1. The number of aliphatic hydroxyl groups excluding tert-OH is 1. The average molecular weight is 381 g/mol. The summed E-state index contributed by atoms with van der Waals surface area (Å²) >= 11 is 5.92. The van der Waals surface area contributed by atoms with Gasteiger partial charge in [-0.2, -0.15) is 0 Å². The highest BCUT2D eigenvalue weighted by Crippen LogP contribution is 2.30. The Hall–Kier alpha value is -2.25. The number of ether oxygens (including phenoxy) is 2. The van der Waals surface area contributed by atoms with Crippen LogP contribution in [0.4, 0.5) is 0 Å². The number of methoxy groups -OCH3 is 1. The van der Waals surface area contributed by atoms with E-state index in [2.05, 4.69) is 5.16 Å². The van der Waals surface area contributed by atoms with Crippen molar-refractivity contribution in [1.29, 1.82) is 0 Å². The molecule has 1 aliphatic rings. The van der Waals surface area contributed by atoms with Crippen molar-refractivity contribution in [3.05, 3.63) is 40.7 Å². The van der Waals surface area contributed by atoms with Crippen molar-refractivity contribution in [3.8, 4) is 11.5 Å². The number of aromatic nitrogens is 1. The van der Waals surface area contributed by atoms with Gasteiger partial charge in [-0.3, -0.25) is 4.79 Å². The fourth-order valence-corrected chi connectivity index (χ4v) is 3.11. The monoisotopic (exact) mass is 380 g/mol. The van der Waals surface area contributed by atoms with Gasteiger partial charge in [-0.05, 0) is 30.9 Å². The van der Waals surface area contributed by atoms with Crippen molar-refractivity contribution in [2.45, 2.75) is 19.4 Å². The van der Waals surface area contributed by atoms with Crippen molar-refractivity contribution in [1.82, 2.24) is 10.1 Å². The molecule has 1 aliphatic heterocycles. The third kappa shape index (κ3) is 4.28. The molecule has 1 aromatic heterocycles. The highest BCUT2D eigenvalue weighted by Gasteiger charge is 2.26. The van der Waals surface area contributed by atoms with E-state index < -0.39 is 0 Å². The number of carbonyl (C=O) groups excluding carboxylic acids is 1. The normalized spacial score (nSPS) is 17.2.